The number of hydrogen-bond donors (Lipinski definition) is 0. The zero-order valence-electron chi connectivity index (χ0n) is 14.0. The fraction of sp³-hybridized carbons (Fsp3) is 0.300. The fourth-order valence-electron chi connectivity index (χ4n) is 4.07. The first kappa shape index (κ1) is 15.8. The van der Waals surface area contributed by atoms with Crippen LogP contribution in [0.15, 0.2) is 48.5 Å². The van der Waals surface area contributed by atoms with Crippen molar-refractivity contribution >= 4 is 17.5 Å². The highest BCUT2D eigenvalue weighted by Crippen LogP contribution is 2.46. The molecular weight excluding hydrogens is 319 g/mol. The first-order valence-electron chi connectivity index (χ1n) is 8.41. The molecule has 0 aliphatic carbocycles. The SMILES string of the molecule is CN1C(=O)C2(CCN(C(=O)Cc3cccc(F)c3)C2)c2ccccc21. The van der Waals surface area contributed by atoms with Crippen molar-refractivity contribution in [2.45, 2.75) is 18.3 Å². The number of halogens is 1. The molecule has 5 heteroatoms. The van der Waals surface area contributed by atoms with Crippen molar-refractivity contribution in [1.29, 1.82) is 0 Å². The number of carbonyl (C=O) groups is 2. The molecule has 0 bridgehead atoms. The fourth-order valence-corrected chi connectivity index (χ4v) is 4.07. The lowest BCUT2D eigenvalue weighted by Crippen LogP contribution is -2.42. The molecule has 2 aromatic rings. The van der Waals surface area contributed by atoms with E-state index in [-0.39, 0.29) is 24.1 Å². The van der Waals surface area contributed by atoms with Crippen molar-refractivity contribution < 1.29 is 14.0 Å². The van der Waals surface area contributed by atoms with E-state index in [9.17, 15) is 14.0 Å². The van der Waals surface area contributed by atoms with Crippen LogP contribution < -0.4 is 4.90 Å². The predicted molar refractivity (Wildman–Crippen MR) is 92.8 cm³/mol. The number of carbonyl (C=O) groups excluding carboxylic acids is 2. The molecule has 1 saturated heterocycles. The Bertz CT molecular complexity index is 866. The van der Waals surface area contributed by atoms with Crippen LogP contribution in [0.2, 0.25) is 0 Å². The third-order valence-electron chi connectivity index (χ3n) is 5.36. The first-order valence-corrected chi connectivity index (χ1v) is 8.41. The van der Waals surface area contributed by atoms with E-state index < -0.39 is 5.41 Å². The third kappa shape index (κ3) is 2.42. The van der Waals surface area contributed by atoms with Crippen LogP contribution in [-0.2, 0) is 21.4 Å². The Labute approximate surface area is 145 Å². The van der Waals surface area contributed by atoms with E-state index in [1.54, 1.807) is 29.0 Å². The summed E-state index contributed by atoms with van der Waals surface area (Å²) in [6, 6.07) is 13.9. The van der Waals surface area contributed by atoms with Gasteiger partial charge in [0, 0.05) is 25.8 Å². The molecule has 4 nitrogen and oxygen atoms in total. The van der Waals surface area contributed by atoms with E-state index in [0.717, 1.165) is 11.3 Å². The Morgan fingerprint density at radius 3 is 2.80 bits per heavy atom. The molecule has 25 heavy (non-hydrogen) atoms. The minimum absolute atomic E-state index is 0.0507. The third-order valence-corrected chi connectivity index (χ3v) is 5.36. The Kier molecular flexibility index (Phi) is 3.60. The monoisotopic (exact) mass is 338 g/mol. The number of anilines is 1. The molecule has 0 radical (unpaired) electrons. The van der Waals surface area contributed by atoms with Gasteiger partial charge in [-0.2, -0.15) is 0 Å². The summed E-state index contributed by atoms with van der Waals surface area (Å²) >= 11 is 0. The Balaban J connectivity index is 1.57. The second-order valence-electron chi connectivity index (χ2n) is 6.84. The summed E-state index contributed by atoms with van der Waals surface area (Å²) in [6.07, 6.45) is 0.779. The number of nitrogens with zero attached hydrogens (tertiary/aromatic N) is 2. The molecule has 2 amide bonds. The van der Waals surface area contributed by atoms with Gasteiger partial charge in [-0.15, -0.1) is 0 Å². The van der Waals surface area contributed by atoms with Gasteiger partial charge in [-0.1, -0.05) is 30.3 Å². The summed E-state index contributed by atoms with van der Waals surface area (Å²) in [5.41, 5.74) is 1.94. The average molecular weight is 338 g/mol. The van der Waals surface area contributed by atoms with Gasteiger partial charge in [-0.05, 0) is 35.7 Å². The summed E-state index contributed by atoms with van der Waals surface area (Å²) in [7, 11) is 1.78. The average Bonchev–Trinajstić information content (AvgIpc) is 3.14. The molecule has 2 aliphatic rings. The lowest BCUT2D eigenvalue weighted by Gasteiger charge is -2.23. The molecule has 0 aromatic heterocycles. The summed E-state index contributed by atoms with van der Waals surface area (Å²) < 4.78 is 13.3. The van der Waals surface area contributed by atoms with Crippen LogP contribution in [-0.4, -0.2) is 36.9 Å². The minimum atomic E-state index is -0.636. The summed E-state index contributed by atoms with van der Waals surface area (Å²) in [5, 5.41) is 0. The van der Waals surface area contributed by atoms with Crippen LogP contribution in [0.3, 0.4) is 0 Å². The lowest BCUT2D eigenvalue weighted by atomic mass is 9.81. The maximum Gasteiger partial charge on any atom is 0.239 e. The second kappa shape index (κ2) is 5.69. The maximum absolute atomic E-state index is 13.3. The lowest BCUT2D eigenvalue weighted by molar-refractivity contribution is -0.130. The number of likely N-dealkylation sites (tertiary alicyclic amines) is 1. The molecule has 128 valence electrons. The molecule has 0 N–H and O–H groups in total. The molecule has 2 aliphatic heterocycles. The van der Waals surface area contributed by atoms with Gasteiger partial charge in [0.1, 0.15) is 5.82 Å². The van der Waals surface area contributed by atoms with Gasteiger partial charge < -0.3 is 9.80 Å². The molecule has 2 heterocycles. The molecule has 1 unspecified atom stereocenters. The standard InChI is InChI=1S/C20H19FN2O2/c1-22-17-8-3-2-7-16(17)20(19(22)25)9-10-23(13-20)18(24)12-14-5-4-6-15(21)11-14/h2-8,11H,9-10,12-13H2,1H3. The molecular formula is C20H19FN2O2. The highest BCUT2D eigenvalue weighted by molar-refractivity contribution is 6.08. The largest absolute Gasteiger partial charge is 0.341 e. The van der Waals surface area contributed by atoms with Gasteiger partial charge in [0.25, 0.3) is 0 Å². The van der Waals surface area contributed by atoms with Gasteiger partial charge in [0.2, 0.25) is 11.8 Å². The molecule has 0 saturated carbocycles. The van der Waals surface area contributed by atoms with Gasteiger partial charge in [0.05, 0.1) is 11.8 Å². The molecule has 1 atom stereocenters. The van der Waals surface area contributed by atoms with E-state index in [2.05, 4.69) is 0 Å². The Morgan fingerprint density at radius 1 is 1.20 bits per heavy atom. The van der Waals surface area contributed by atoms with Crippen molar-refractivity contribution in [2.75, 3.05) is 25.0 Å². The van der Waals surface area contributed by atoms with E-state index >= 15 is 0 Å². The van der Waals surface area contributed by atoms with E-state index in [1.165, 1.54) is 12.1 Å². The number of hydrogen-bond acceptors (Lipinski definition) is 2. The highest BCUT2D eigenvalue weighted by Gasteiger charge is 2.53. The highest BCUT2D eigenvalue weighted by atomic mass is 19.1. The Hall–Kier alpha value is -2.69. The maximum atomic E-state index is 13.3. The summed E-state index contributed by atoms with van der Waals surface area (Å²) in [5.74, 6) is -0.359. The van der Waals surface area contributed by atoms with Gasteiger partial charge in [-0.25, -0.2) is 4.39 Å². The van der Waals surface area contributed by atoms with Crippen molar-refractivity contribution in [3.05, 3.63) is 65.5 Å². The molecule has 1 fully saturated rings. The topological polar surface area (TPSA) is 40.6 Å². The second-order valence-corrected chi connectivity index (χ2v) is 6.84. The van der Waals surface area contributed by atoms with Crippen molar-refractivity contribution in [3.63, 3.8) is 0 Å². The number of para-hydroxylation sites is 1. The summed E-state index contributed by atoms with van der Waals surface area (Å²) in [6.45, 7) is 0.934. The van der Waals surface area contributed by atoms with E-state index in [4.69, 9.17) is 0 Å². The van der Waals surface area contributed by atoms with Gasteiger partial charge in [0.15, 0.2) is 0 Å². The van der Waals surface area contributed by atoms with Crippen LogP contribution in [0.5, 0.6) is 0 Å². The quantitative estimate of drug-likeness (QED) is 0.844. The van der Waals surface area contributed by atoms with Crippen molar-refractivity contribution in [3.8, 4) is 0 Å². The predicted octanol–water partition coefficient (Wildman–Crippen LogP) is 2.51. The number of fused-ring (bicyclic) bond motifs is 2. The van der Waals surface area contributed by atoms with Crippen LogP contribution >= 0.6 is 0 Å². The number of rotatable bonds is 2. The van der Waals surface area contributed by atoms with Crippen molar-refractivity contribution in [2.24, 2.45) is 0 Å². The number of benzene rings is 2. The zero-order valence-corrected chi connectivity index (χ0v) is 14.0. The van der Waals surface area contributed by atoms with Crippen molar-refractivity contribution in [1.82, 2.24) is 4.90 Å². The van der Waals surface area contributed by atoms with Crippen LogP contribution in [0.1, 0.15) is 17.5 Å². The van der Waals surface area contributed by atoms with E-state index in [1.807, 2.05) is 24.3 Å². The summed E-state index contributed by atoms with van der Waals surface area (Å²) in [4.78, 5) is 29.0. The van der Waals surface area contributed by atoms with Gasteiger partial charge >= 0.3 is 0 Å². The Morgan fingerprint density at radius 2 is 2.00 bits per heavy atom. The van der Waals surface area contributed by atoms with E-state index in [0.29, 0.717) is 25.1 Å². The van der Waals surface area contributed by atoms with Gasteiger partial charge in [-0.3, -0.25) is 9.59 Å². The number of amides is 2. The minimum Gasteiger partial charge on any atom is -0.341 e. The molecule has 1 spiro atoms. The zero-order chi connectivity index (χ0) is 17.6. The smallest absolute Gasteiger partial charge is 0.239 e. The number of likely N-dealkylation sites (N-methyl/N-ethyl adjacent to an activating group) is 1. The van der Waals surface area contributed by atoms with Crippen LogP contribution in [0, 0.1) is 5.82 Å². The normalized spacial score (nSPS) is 21.9. The molecule has 4 rings (SSSR count). The van der Waals surface area contributed by atoms with Crippen LogP contribution in [0.4, 0.5) is 10.1 Å². The molecule has 2 aromatic carbocycles. The van der Waals surface area contributed by atoms with Crippen LogP contribution in [0.25, 0.3) is 0 Å². The first-order chi connectivity index (χ1) is 12.0.